The van der Waals surface area contributed by atoms with Crippen LogP contribution in [0.1, 0.15) is 36.9 Å². The largest absolute Gasteiger partial charge is 0.325 e. The van der Waals surface area contributed by atoms with Crippen LogP contribution in [0.2, 0.25) is 0 Å². The van der Waals surface area contributed by atoms with Crippen molar-refractivity contribution < 1.29 is 9.18 Å². The van der Waals surface area contributed by atoms with Gasteiger partial charge >= 0.3 is 0 Å². The molecule has 1 fully saturated rings. The lowest BCUT2D eigenvalue weighted by Crippen LogP contribution is -2.48. The number of hydrogen-bond acceptors (Lipinski definition) is 3. The van der Waals surface area contributed by atoms with E-state index in [1.54, 1.807) is 12.1 Å². The summed E-state index contributed by atoms with van der Waals surface area (Å²) in [6, 6.07) is 14.5. The molecule has 2 N–H and O–H groups in total. The molecule has 1 unspecified atom stereocenters. The number of hydrogen-bond donors (Lipinski definition) is 2. The molecule has 3 rings (SSSR count). The summed E-state index contributed by atoms with van der Waals surface area (Å²) >= 11 is 0. The van der Waals surface area contributed by atoms with E-state index in [-0.39, 0.29) is 36.7 Å². The fourth-order valence-electron chi connectivity index (χ4n) is 3.47. The van der Waals surface area contributed by atoms with Crippen molar-refractivity contribution in [3.05, 3.63) is 65.5 Å². The van der Waals surface area contributed by atoms with Gasteiger partial charge in [0.2, 0.25) is 5.91 Å². The monoisotopic (exact) mass is 391 g/mol. The average molecular weight is 392 g/mol. The maximum atomic E-state index is 13.6. The highest BCUT2D eigenvalue weighted by Gasteiger charge is 2.26. The third-order valence-electron chi connectivity index (χ3n) is 4.79. The topological polar surface area (TPSA) is 44.4 Å². The lowest BCUT2D eigenvalue weighted by molar-refractivity contribution is -0.118. The van der Waals surface area contributed by atoms with Crippen LogP contribution in [-0.2, 0) is 4.79 Å². The number of nitrogens with one attached hydrogen (secondary N) is 2. The molecule has 1 heterocycles. The molecule has 0 radical (unpaired) electrons. The van der Waals surface area contributed by atoms with Gasteiger partial charge in [-0.3, -0.25) is 9.69 Å². The summed E-state index contributed by atoms with van der Waals surface area (Å²) < 4.78 is 13.6. The summed E-state index contributed by atoms with van der Waals surface area (Å²) in [6.45, 7) is 6.79. The Labute approximate surface area is 166 Å². The Bertz CT molecular complexity index is 769. The maximum absolute atomic E-state index is 13.6. The van der Waals surface area contributed by atoms with Crippen molar-refractivity contribution in [2.45, 2.75) is 25.8 Å². The van der Waals surface area contributed by atoms with Gasteiger partial charge in [0.15, 0.2) is 0 Å². The molecule has 0 saturated carbocycles. The first kappa shape index (κ1) is 21.4. The van der Waals surface area contributed by atoms with E-state index in [0.717, 1.165) is 29.9 Å². The minimum absolute atomic E-state index is 0. The van der Waals surface area contributed by atoms with Crippen LogP contribution in [0.5, 0.6) is 0 Å². The molecule has 146 valence electrons. The number of carbonyl (C=O) groups excluding carboxylic acids is 1. The number of anilines is 1. The average Bonchev–Trinajstić information content (AvgIpc) is 2.62. The molecule has 2 aromatic carbocycles. The first-order valence-corrected chi connectivity index (χ1v) is 9.13. The van der Waals surface area contributed by atoms with Crippen molar-refractivity contribution in [1.82, 2.24) is 10.2 Å². The molecule has 2 aromatic rings. The maximum Gasteiger partial charge on any atom is 0.238 e. The zero-order valence-corrected chi connectivity index (χ0v) is 16.6. The van der Waals surface area contributed by atoms with Crippen LogP contribution < -0.4 is 10.6 Å². The minimum Gasteiger partial charge on any atom is -0.325 e. The summed E-state index contributed by atoms with van der Waals surface area (Å²) in [7, 11) is 0. The Hall–Kier alpha value is -1.95. The number of benzene rings is 2. The van der Waals surface area contributed by atoms with Gasteiger partial charge in [-0.2, -0.15) is 0 Å². The molecule has 6 heteroatoms. The molecule has 1 amide bonds. The van der Waals surface area contributed by atoms with Crippen molar-refractivity contribution in [3.63, 3.8) is 0 Å². The van der Waals surface area contributed by atoms with E-state index < -0.39 is 0 Å². The van der Waals surface area contributed by atoms with Crippen LogP contribution in [0.25, 0.3) is 0 Å². The highest BCUT2D eigenvalue weighted by Crippen LogP contribution is 2.25. The van der Waals surface area contributed by atoms with E-state index in [2.05, 4.69) is 29.4 Å². The summed E-state index contributed by atoms with van der Waals surface area (Å²) in [5, 5.41) is 6.38. The first-order chi connectivity index (χ1) is 12.5. The number of carbonyl (C=O) groups is 1. The number of nitrogens with zero attached hydrogens (tertiary/aromatic N) is 1. The van der Waals surface area contributed by atoms with Crippen molar-refractivity contribution >= 4 is 24.0 Å². The Kier molecular flexibility index (Phi) is 7.78. The van der Waals surface area contributed by atoms with Gasteiger partial charge in [-0.1, -0.05) is 44.2 Å². The Morgan fingerprint density at radius 3 is 2.78 bits per heavy atom. The van der Waals surface area contributed by atoms with Crippen LogP contribution >= 0.6 is 12.4 Å². The minimum atomic E-state index is -0.247. The summed E-state index contributed by atoms with van der Waals surface area (Å²) in [4.78, 5) is 14.8. The Balaban J connectivity index is 0.00000261. The van der Waals surface area contributed by atoms with E-state index >= 15 is 0 Å². The molecule has 27 heavy (non-hydrogen) atoms. The number of rotatable bonds is 5. The van der Waals surface area contributed by atoms with Gasteiger partial charge in [-0.05, 0) is 35.2 Å². The lowest BCUT2D eigenvalue weighted by Gasteiger charge is -2.36. The lowest BCUT2D eigenvalue weighted by atomic mass is 10.0. The van der Waals surface area contributed by atoms with Crippen LogP contribution in [0.4, 0.5) is 10.1 Å². The molecule has 1 atom stereocenters. The molecular weight excluding hydrogens is 365 g/mol. The van der Waals surface area contributed by atoms with E-state index in [0.29, 0.717) is 12.5 Å². The van der Waals surface area contributed by atoms with Crippen molar-refractivity contribution in [2.24, 2.45) is 0 Å². The van der Waals surface area contributed by atoms with E-state index in [9.17, 15) is 9.18 Å². The third kappa shape index (κ3) is 5.51. The van der Waals surface area contributed by atoms with E-state index in [1.165, 1.54) is 6.07 Å². The standard InChI is InChI=1S/C21H26FN3O.ClH/c1-15(2)18-8-3-4-9-19(18)24-21(26)14-25-11-10-23-13-20(25)16-6-5-7-17(22)12-16;/h3-9,12,15,20,23H,10-11,13-14H2,1-2H3,(H,24,26);1H. The second-order valence-electron chi connectivity index (χ2n) is 7.04. The van der Waals surface area contributed by atoms with Crippen molar-refractivity contribution in [1.29, 1.82) is 0 Å². The van der Waals surface area contributed by atoms with Crippen molar-refractivity contribution in [2.75, 3.05) is 31.5 Å². The molecule has 1 saturated heterocycles. The molecule has 0 bridgehead atoms. The smallest absolute Gasteiger partial charge is 0.238 e. The second kappa shape index (κ2) is 9.83. The molecular formula is C21H27ClFN3O. The predicted molar refractivity (Wildman–Crippen MR) is 110 cm³/mol. The SMILES string of the molecule is CC(C)c1ccccc1NC(=O)CN1CCNCC1c1cccc(F)c1.Cl. The van der Waals surface area contributed by atoms with Gasteiger partial charge in [-0.15, -0.1) is 12.4 Å². The highest BCUT2D eigenvalue weighted by molar-refractivity contribution is 5.93. The quantitative estimate of drug-likeness (QED) is 0.810. The fourth-order valence-corrected chi connectivity index (χ4v) is 3.47. The van der Waals surface area contributed by atoms with Gasteiger partial charge < -0.3 is 10.6 Å². The number of amides is 1. The summed E-state index contributed by atoms with van der Waals surface area (Å²) in [5.74, 6) is 0.0514. The highest BCUT2D eigenvalue weighted by atomic mass is 35.5. The molecule has 4 nitrogen and oxygen atoms in total. The zero-order chi connectivity index (χ0) is 18.5. The van der Waals surface area contributed by atoms with E-state index in [1.807, 2.05) is 30.3 Å². The first-order valence-electron chi connectivity index (χ1n) is 9.13. The Morgan fingerprint density at radius 1 is 1.26 bits per heavy atom. The van der Waals surface area contributed by atoms with E-state index in [4.69, 9.17) is 0 Å². The van der Waals surface area contributed by atoms with Gasteiger partial charge in [-0.25, -0.2) is 4.39 Å². The molecule has 0 spiro atoms. The Morgan fingerprint density at radius 2 is 2.04 bits per heavy atom. The molecule has 1 aliphatic rings. The zero-order valence-electron chi connectivity index (χ0n) is 15.7. The number of para-hydroxylation sites is 1. The van der Waals surface area contributed by atoms with Crippen LogP contribution in [-0.4, -0.2) is 37.0 Å². The van der Waals surface area contributed by atoms with Gasteiger partial charge in [0.05, 0.1) is 6.54 Å². The number of piperazine rings is 1. The predicted octanol–water partition coefficient (Wildman–Crippen LogP) is 3.96. The third-order valence-corrected chi connectivity index (χ3v) is 4.79. The number of halogens is 2. The van der Waals surface area contributed by atoms with Crippen molar-refractivity contribution in [3.8, 4) is 0 Å². The summed E-state index contributed by atoms with van der Waals surface area (Å²) in [5.41, 5.74) is 2.89. The fraction of sp³-hybridized carbons (Fsp3) is 0.381. The second-order valence-corrected chi connectivity index (χ2v) is 7.04. The van der Waals surface area contributed by atoms with Gasteiger partial charge in [0, 0.05) is 31.4 Å². The van der Waals surface area contributed by atoms with Gasteiger partial charge in [0.1, 0.15) is 5.82 Å². The van der Waals surface area contributed by atoms with Crippen LogP contribution in [0.3, 0.4) is 0 Å². The normalized spacial score (nSPS) is 17.4. The molecule has 0 aliphatic carbocycles. The molecule has 0 aromatic heterocycles. The molecule has 1 aliphatic heterocycles. The van der Waals surface area contributed by atoms with Crippen LogP contribution in [0.15, 0.2) is 48.5 Å². The van der Waals surface area contributed by atoms with Gasteiger partial charge in [0.25, 0.3) is 0 Å². The summed E-state index contributed by atoms with van der Waals surface area (Å²) in [6.07, 6.45) is 0. The van der Waals surface area contributed by atoms with Crippen LogP contribution in [0, 0.1) is 5.82 Å².